The lowest BCUT2D eigenvalue weighted by Gasteiger charge is -2.06. The van der Waals surface area contributed by atoms with Crippen LogP contribution >= 0.6 is 0 Å². The number of carbonyl (C=O) groups is 1. The van der Waals surface area contributed by atoms with Crippen LogP contribution in [0.4, 0.5) is 5.88 Å². The standard InChI is InChI=1S/C14H15NO3/c1-10-5-3-4-6-11(10)9-15-13-8-7-12(18-13)14(16)17-2/h3-8,15H,9H2,1-2H3. The molecule has 0 aliphatic rings. The van der Waals surface area contributed by atoms with Gasteiger partial charge >= 0.3 is 5.97 Å². The van der Waals surface area contributed by atoms with Gasteiger partial charge in [0.15, 0.2) is 5.88 Å². The Kier molecular flexibility index (Phi) is 3.67. The molecule has 0 radical (unpaired) electrons. The molecule has 0 spiro atoms. The fraction of sp³-hybridized carbons (Fsp3) is 0.214. The first-order valence-electron chi connectivity index (χ1n) is 5.67. The van der Waals surface area contributed by atoms with Gasteiger partial charge in [0.05, 0.1) is 7.11 Å². The Morgan fingerprint density at radius 3 is 2.78 bits per heavy atom. The van der Waals surface area contributed by atoms with Crippen LogP contribution in [0.3, 0.4) is 0 Å². The smallest absolute Gasteiger partial charge is 0.374 e. The molecule has 1 heterocycles. The highest BCUT2D eigenvalue weighted by atomic mass is 16.5. The van der Waals surface area contributed by atoms with Gasteiger partial charge in [-0.05, 0) is 24.1 Å². The van der Waals surface area contributed by atoms with Gasteiger partial charge in [0.1, 0.15) is 0 Å². The monoisotopic (exact) mass is 245 g/mol. The van der Waals surface area contributed by atoms with Gasteiger partial charge in [0, 0.05) is 12.6 Å². The summed E-state index contributed by atoms with van der Waals surface area (Å²) in [7, 11) is 1.32. The normalized spacial score (nSPS) is 10.1. The van der Waals surface area contributed by atoms with E-state index in [9.17, 15) is 4.79 Å². The van der Waals surface area contributed by atoms with E-state index in [1.807, 2.05) is 18.2 Å². The third-order valence-corrected chi connectivity index (χ3v) is 2.71. The first-order chi connectivity index (χ1) is 8.70. The maximum Gasteiger partial charge on any atom is 0.374 e. The third-order valence-electron chi connectivity index (χ3n) is 2.71. The number of rotatable bonds is 4. The molecule has 2 aromatic rings. The van der Waals surface area contributed by atoms with E-state index in [1.54, 1.807) is 12.1 Å². The second kappa shape index (κ2) is 5.40. The van der Waals surface area contributed by atoms with Crippen LogP contribution in [0.5, 0.6) is 0 Å². The summed E-state index contributed by atoms with van der Waals surface area (Å²) in [6.07, 6.45) is 0. The van der Waals surface area contributed by atoms with Crippen molar-refractivity contribution in [2.24, 2.45) is 0 Å². The van der Waals surface area contributed by atoms with Gasteiger partial charge in [-0.3, -0.25) is 0 Å². The van der Waals surface area contributed by atoms with Crippen LogP contribution in [0.1, 0.15) is 21.7 Å². The van der Waals surface area contributed by atoms with Crippen LogP contribution in [0.2, 0.25) is 0 Å². The Hall–Kier alpha value is -2.23. The lowest BCUT2D eigenvalue weighted by molar-refractivity contribution is 0.0566. The number of furan rings is 1. The SMILES string of the molecule is COC(=O)c1ccc(NCc2ccccc2C)o1. The van der Waals surface area contributed by atoms with Crippen molar-refractivity contribution in [1.82, 2.24) is 0 Å². The van der Waals surface area contributed by atoms with E-state index >= 15 is 0 Å². The molecule has 0 saturated carbocycles. The number of anilines is 1. The highest BCUT2D eigenvalue weighted by Gasteiger charge is 2.10. The molecule has 4 nitrogen and oxygen atoms in total. The van der Waals surface area contributed by atoms with Crippen LogP contribution in [0.15, 0.2) is 40.8 Å². The molecule has 1 N–H and O–H groups in total. The van der Waals surface area contributed by atoms with Crippen molar-refractivity contribution < 1.29 is 13.9 Å². The van der Waals surface area contributed by atoms with Crippen LogP contribution < -0.4 is 5.32 Å². The van der Waals surface area contributed by atoms with Crippen molar-refractivity contribution in [3.63, 3.8) is 0 Å². The maximum atomic E-state index is 11.2. The van der Waals surface area contributed by atoms with Gasteiger partial charge < -0.3 is 14.5 Å². The molecule has 1 aromatic carbocycles. The highest BCUT2D eigenvalue weighted by Crippen LogP contribution is 2.16. The topological polar surface area (TPSA) is 51.5 Å². The molecule has 0 aliphatic heterocycles. The fourth-order valence-corrected chi connectivity index (χ4v) is 1.63. The third kappa shape index (κ3) is 2.71. The molecule has 2 rings (SSSR count). The van der Waals surface area contributed by atoms with E-state index < -0.39 is 5.97 Å². The predicted octanol–water partition coefficient (Wildman–Crippen LogP) is 2.99. The minimum absolute atomic E-state index is 0.199. The van der Waals surface area contributed by atoms with Gasteiger partial charge in [-0.2, -0.15) is 0 Å². The van der Waals surface area contributed by atoms with Crippen molar-refractivity contribution >= 4 is 11.9 Å². The van der Waals surface area contributed by atoms with Crippen LogP contribution in [0, 0.1) is 6.92 Å². The van der Waals surface area contributed by atoms with E-state index in [0.717, 1.165) is 0 Å². The molecule has 0 bridgehead atoms. The number of nitrogens with one attached hydrogen (secondary N) is 1. The molecule has 0 unspecified atom stereocenters. The lowest BCUT2D eigenvalue weighted by Crippen LogP contribution is -2.01. The number of hydrogen-bond acceptors (Lipinski definition) is 4. The van der Waals surface area contributed by atoms with Crippen LogP contribution in [-0.2, 0) is 11.3 Å². The summed E-state index contributed by atoms with van der Waals surface area (Å²) in [5, 5.41) is 3.13. The molecular formula is C14H15NO3. The molecular weight excluding hydrogens is 230 g/mol. The maximum absolute atomic E-state index is 11.2. The second-order valence-corrected chi connectivity index (χ2v) is 3.94. The Morgan fingerprint density at radius 1 is 1.28 bits per heavy atom. The van der Waals surface area contributed by atoms with Crippen molar-refractivity contribution in [2.45, 2.75) is 13.5 Å². The molecule has 94 valence electrons. The van der Waals surface area contributed by atoms with E-state index in [1.165, 1.54) is 18.2 Å². The number of benzene rings is 1. The zero-order chi connectivity index (χ0) is 13.0. The molecule has 0 saturated heterocycles. The van der Waals surface area contributed by atoms with Crippen LogP contribution in [0.25, 0.3) is 0 Å². The summed E-state index contributed by atoms with van der Waals surface area (Å²) >= 11 is 0. The summed E-state index contributed by atoms with van der Waals surface area (Å²) in [4.78, 5) is 11.2. The highest BCUT2D eigenvalue weighted by molar-refractivity contribution is 5.86. The number of carbonyl (C=O) groups excluding carboxylic acids is 1. The minimum atomic E-state index is -0.473. The van der Waals surface area contributed by atoms with Gasteiger partial charge in [-0.1, -0.05) is 24.3 Å². The van der Waals surface area contributed by atoms with Crippen molar-refractivity contribution in [2.75, 3.05) is 12.4 Å². The van der Waals surface area contributed by atoms with Gasteiger partial charge in [-0.25, -0.2) is 4.79 Å². The predicted molar refractivity (Wildman–Crippen MR) is 68.6 cm³/mol. The molecule has 0 atom stereocenters. The van der Waals surface area contributed by atoms with E-state index in [4.69, 9.17) is 4.42 Å². The number of methoxy groups -OCH3 is 1. The average Bonchev–Trinajstić information content (AvgIpc) is 2.86. The van der Waals surface area contributed by atoms with E-state index in [2.05, 4.69) is 23.0 Å². The number of hydrogen-bond donors (Lipinski definition) is 1. The average molecular weight is 245 g/mol. The van der Waals surface area contributed by atoms with Crippen molar-refractivity contribution in [3.05, 3.63) is 53.3 Å². The molecule has 0 amide bonds. The summed E-state index contributed by atoms with van der Waals surface area (Å²) in [5.41, 5.74) is 2.40. The molecule has 0 aliphatic carbocycles. The zero-order valence-electron chi connectivity index (χ0n) is 10.4. The van der Waals surface area contributed by atoms with E-state index in [-0.39, 0.29) is 5.76 Å². The summed E-state index contributed by atoms with van der Waals surface area (Å²) in [6.45, 7) is 2.71. The van der Waals surface area contributed by atoms with E-state index in [0.29, 0.717) is 12.4 Å². The molecule has 4 heteroatoms. The number of aryl methyl sites for hydroxylation is 1. The second-order valence-electron chi connectivity index (χ2n) is 3.94. The summed E-state index contributed by atoms with van der Waals surface area (Å²) in [5.74, 6) is 0.280. The van der Waals surface area contributed by atoms with Gasteiger partial charge in [-0.15, -0.1) is 0 Å². The molecule has 1 aromatic heterocycles. The number of ether oxygens (including phenoxy) is 1. The van der Waals surface area contributed by atoms with Gasteiger partial charge in [0.25, 0.3) is 0 Å². The van der Waals surface area contributed by atoms with Crippen LogP contribution in [-0.4, -0.2) is 13.1 Å². The van der Waals surface area contributed by atoms with Crippen molar-refractivity contribution in [3.8, 4) is 0 Å². The fourth-order valence-electron chi connectivity index (χ4n) is 1.63. The Labute approximate surface area is 106 Å². The molecule has 0 fully saturated rings. The number of esters is 1. The molecule has 18 heavy (non-hydrogen) atoms. The first-order valence-corrected chi connectivity index (χ1v) is 5.67. The van der Waals surface area contributed by atoms with Crippen molar-refractivity contribution in [1.29, 1.82) is 0 Å². The lowest BCUT2D eigenvalue weighted by atomic mass is 10.1. The minimum Gasteiger partial charge on any atom is -0.463 e. The summed E-state index contributed by atoms with van der Waals surface area (Å²) in [6, 6.07) is 11.4. The Morgan fingerprint density at radius 2 is 2.06 bits per heavy atom. The Balaban J connectivity index is 2.01. The zero-order valence-corrected chi connectivity index (χ0v) is 10.4. The van der Waals surface area contributed by atoms with Gasteiger partial charge in [0.2, 0.25) is 5.76 Å². The largest absolute Gasteiger partial charge is 0.463 e. The quantitative estimate of drug-likeness (QED) is 0.841. The first kappa shape index (κ1) is 12.2. The summed E-state index contributed by atoms with van der Waals surface area (Å²) < 4.78 is 9.88. The Bertz CT molecular complexity index is 545.